The van der Waals surface area contributed by atoms with E-state index in [1.54, 1.807) is 0 Å². The van der Waals surface area contributed by atoms with E-state index in [9.17, 15) is 0 Å². The molecule has 0 fully saturated rings. The van der Waals surface area contributed by atoms with E-state index in [4.69, 9.17) is 0 Å². The highest BCUT2D eigenvalue weighted by Crippen LogP contribution is 2.30. The van der Waals surface area contributed by atoms with Crippen molar-refractivity contribution >= 4 is 0 Å². The lowest BCUT2D eigenvalue weighted by atomic mass is 9.98. The second-order valence-corrected chi connectivity index (χ2v) is 6.87. The van der Waals surface area contributed by atoms with Crippen LogP contribution in [-0.2, 0) is 20.5 Å². The van der Waals surface area contributed by atoms with Crippen LogP contribution >= 0.6 is 0 Å². The van der Waals surface area contributed by atoms with Gasteiger partial charge in [0.2, 0.25) is 0 Å². The van der Waals surface area contributed by atoms with Crippen molar-refractivity contribution in [3.63, 3.8) is 0 Å². The quantitative estimate of drug-likeness (QED) is 0.702. The van der Waals surface area contributed by atoms with Crippen molar-refractivity contribution in [1.82, 2.24) is 19.1 Å². The van der Waals surface area contributed by atoms with Gasteiger partial charge in [-0.1, -0.05) is 51.1 Å². The zero-order valence-electron chi connectivity index (χ0n) is 15.2. The first-order chi connectivity index (χ1) is 11.5. The molecule has 2 heterocycles. The number of imidazole rings is 2. The molecule has 0 aliphatic rings. The number of rotatable bonds is 5. The number of nitrogens with zero attached hydrogens (tertiary/aromatic N) is 4. The Morgan fingerprint density at radius 3 is 2.33 bits per heavy atom. The molecule has 0 N–H and O–H groups in total. The van der Waals surface area contributed by atoms with Crippen LogP contribution < -0.4 is 0 Å². The first-order valence-electron chi connectivity index (χ1n) is 8.56. The lowest BCUT2D eigenvalue weighted by Gasteiger charge is -2.16. The molecule has 1 atom stereocenters. The van der Waals surface area contributed by atoms with E-state index >= 15 is 0 Å². The van der Waals surface area contributed by atoms with Crippen LogP contribution in [0, 0.1) is 0 Å². The normalized spacial score (nSPS) is 12.8. The van der Waals surface area contributed by atoms with Gasteiger partial charge in [-0.05, 0) is 5.92 Å². The number of aryl methyl sites for hydroxylation is 1. The summed E-state index contributed by atoms with van der Waals surface area (Å²) in [5.41, 5.74) is 4.78. The van der Waals surface area contributed by atoms with E-state index in [1.165, 1.54) is 17.0 Å². The molecule has 3 rings (SSSR count). The molecule has 0 bridgehead atoms. The van der Waals surface area contributed by atoms with Gasteiger partial charge in [-0.2, -0.15) is 0 Å². The topological polar surface area (TPSA) is 35.6 Å². The van der Waals surface area contributed by atoms with Crippen molar-refractivity contribution in [1.29, 1.82) is 0 Å². The highest BCUT2D eigenvalue weighted by molar-refractivity contribution is 5.62. The zero-order chi connectivity index (χ0) is 17.3. The molecule has 1 aromatic carbocycles. The molecule has 0 radical (unpaired) electrons. The first kappa shape index (κ1) is 16.5. The van der Waals surface area contributed by atoms with Crippen LogP contribution in [0.2, 0.25) is 0 Å². The summed E-state index contributed by atoms with van der Waals surface area (Å²) >= 11 is 0. The highest BCUT2D eigenvalue weighted by atomic mass is 15.1. The molecule has 24 heavy (non-hydrogen) atoms. The van der Waals surface area contributed by atoms with Gasteiger partial charge < -0.3 is 9.13 Å². The predicted octanol–water partition coefficient (Wildman–Crippen LogP) is 4.29. The van der Waals surface area contributed by atoms with Crippen LogP contribution in [0.15, 0.2) is 42.9 Å². The molecule has 4 heteroatoms. The lowest BCUT2D eigenvalue weighted by Crippen LogP contribution is -2.10. The third-order valence-electron chi connectivity index (χ3n) is 4.70. The molecule has 0 amide bonds. The number of hydrogen-bond donors (Lipinski definition) is 0. The van der Waals surface area contributed by atoms with Crippen LogP contribution in [0.3, 0.4) is 0 Å². The predicted molar refractivity (Wildman–Crippen MR) is 98.1 cm³/mol. The Labute approximate surface area is 144 Å². The van der Waals surface area contributed by atoms with Crippen molar-refractivity contribution in [3.05, 3.63) is 60.1 Å². The Morgan fingerprint density at radius 2 is 1.71 bits per heavy atom. The molecule has 2 aromatic heterocycles. The highest BCUT2D eigenvalue weighted by Gasteiger charge is 2.20. The maximum Gasteiger partial charge on any atom is 0.109 e. The minimum absolute atomic E-state index is 0.341. The fourth-order valence-electron chi connectivity index (χ4n) is 3.40. The van der Waals surface area contributed by atoms with Gasteiger partial charge in [0.15, 0.2) is 0 Å². The van der Waals surface area contributed by atoms with E-state index in [2.05, 4.69) is 78.2 Å². The monoisotopic (exact) mass is 322 g/mol. The summed E-state index contributed by atoms with van der Waals surface area (Å²) in [6.45, 7) is 6.67. The summed E-state index contributed by atoms with van der Waals surface area (Å²) < 4.78 is 4.37. The first-order valence-corrected chi connectivity index (χ1v) is 8.56. The smallest absolute Gasteiger partial charge is 0.109 e. The Hall–Kier alpha value is -2.36. The van der Waals surface area contributed by atoms with Crippen LogP contribution in [0.25, 0.3) is 11.3 Å². The average molecular weight is 322 g/mol. The molecular formula is C20H26N4. The molecule has 0 saturated heterocycles. The molecule has 0 spiro atoms. The zero-order valence-corrected chi connectivity index (χ0v) is 15.2. The standard InChI is InChI=1S/C20H26N4/c1-14(2)17-12-21-18(24(17)5)11-15(3)20-19(22-13-23(20)4)16-9-7-6-8-10-16/h6-10,12-15H,11H2,1-5H3. The average Bonchev–Trinajstić information content (AvgIpc) is 3.12. The molecule has 126 valence electrons. The van der Waals surface area contributed by atoms with Crippen molar-refractivity contribution in [2.75, 3.05) is 0 Å². The molecule has 0 aliphatic heterocycles. The van der Waals surface area contributed by atoms with Gasteiger partial charge in [0.25, 0.3) is 0 Å². The molecule has 4 nitrogen and oxygen atoms in total. The van der Waals surface area contributed by atoms with Gasteiger partial charge >= 0.3 is 0 Å². The maximum absolute atomic E-state index is 4.65. The molecule has 3 aromatic rings. The number of hydrogen-bond acceptors (Lipinski definition) is 2. The second-order valence-electron chi connectivity index (χ2n) is 6.87. The van der Waals surface area contributed by atoms with Gasteiger partial charge in [0.1, 0.15) is 5.82 Å². The Balaban J connectivity index is 1.91. The summed E-state index contributed by atoms with van der Waals surface area (Å²) in [5.74, 6) is 1.96. The van der Waals surface area contributed by atoms with E-state index in [0.717, 1.165) is 17.9 Å². The van der Waals surface area contributed by atoms with Gasteiger partial charge in [-0.25, -0.2) is 9.97 Å². The molecule has 0 saturated carbocycles. The third-order valence-corrected chi connectivity index (χ3v) is 4.70. The molecule has 1 unspecified atom stereocenters. The van der Waals surface area contributed by atoms with Crippen LogP contribution in [0.4, 0.5) is 0 Å². The Kier molecular flexibility index (Phi) is 4.56. The van der Waals surface area contributed by atoms with Crippen molar-refractivity contribution in [3.8, 4) is 11.3 Å². The van der Waals surface area contributed by atoms with Crippen molar-refractivity contribution in [2.45, 2.75) is 39.0 Å². The van der Waals surface area contributed by atoms with Crippen LogP contribution in [-0.4, -0.2) is 19.1 Å². The van der Waals surface area contributed by atoms with Gasteiger partial charge in [0, 0.05) is 49.6 Å². The fourth-order valence-corrected chi connectivity index (χ4v) is 3.40. The maximum atomic E-state index is 4.65. The number of aromatic nitrogens is 4. The van der Waals surface area contributed by atoms with Crippen LogP contribution in [0.5, 0.6) is 0 Å². The van der Waals surface area contributed by atoms with E-state index in [-0.39, 0.29) is 0 Å². The molecule has 0 aliphatic carbocycles. The van der Waals surface area contributed by atoms with E-state index in [0.29, 0.717) is 11.8 Å². The summed E-state index contributed by atoms with van der Waals surface area (Å²) in [7, 11) is 4.19. The van der Waals surface area contributed by atoms with E-state index in [1.807, 2.05) is 18.6 Å². The van der Waals surface area contributed by atoms with E-state index < -0.39 is 0 Å². The van der Waals surface area contributed by atoms with Crippen molar-refractivity contribution in [2.24, 2.45) is 14.1 Å². The van der Waals surface area contributed by atoms with Crippen molar-refractivity contribution < 1.29 is 0 Å². The minimum atomic E-state index is 0.341. The summed E-state index contributed by atoms with van der Waals surface area (Å²) in [4.78, 5) is 9.29. The molecular weight excluding hydrogens is 296 g/mol. The van der Waals surface area contributed by atoms with Gasteiger partial charge in [0.05, 0.1) is 12.0 Å². The van der Waals surface area contributed by atoms with Crippen LogP contribution in [0.1, 0.15) is 49.8 Å². The SMILES string of the molecule is CC(C)c1cnc(CC(C)c2c(-c3ccccc3)ncn2C)n1C. The van der Waals surface area contributed by atoms with Gasteiger partial charge in [-0.3, -0.25) is 0 Å². The van der Waals surface area contributed by atoms with Gasteiger partial charge in [-0.15, -0.1) is 0 Å². The largest absolute Gasteiger partial charge is 0.337 e. The fraction of sp³-hybridized carbons (Fsp3) is 0.400. The Bertz CT molecular complexity index is 812. The minimum Gasteiger partial charge on any atom is -0.337 e. The second kappa shape index (κ2) is 6.63. The lowest BCUT2D eigenvalue weighted by molar-refractivity contribution is 0.627. The third kappa shape index (κ3) is 3.01. The Morgan fingerprint density at radius 1 is 1.00 bits per heavy atom. The number of benzene rings is 1. The summed E-state index contributed by atoms with van der Waals surface area (Å²) in [6, 6.07) is 10.4. The summed E-state index contributed by atoms with van der Waals surface area (Å²) in [5, 5.41) is 0. The summed E-state index contributed by atoms with van der Waals surface area (Å²) in [6.07, 6.45) is 4.82.